The highest BCUT2D eigenvalue weighted by Crippen LogP contribution is 2.29. The van der Waals surface area contributed by atoms with Crippen molar-refractivity contribution in [3.8, 4) is 11.5 Å². The summed E-state index contributed by atoms with van der Waals surface area (Å²) in [5, 5.41) is 4.04. The van der Waals surface area contributed by atoms with E-state index in [-0.39, 0.29) is 17.5 Å². The Bertz CT molecular complexity index is 1020. The topological polar surface area (TPSA) is 76.3 Å². The summed E-state index contributed by atoms with van der Waals surface area (Å²) in [6.45, 7) is 0.723. The van der Waals surface area contributed by atoms with Gasteiger partial charge in [0.2, 0.25) is 10.0 Å². The molecule has 0 bridgehead atoms. The van der Waals surface area contributed by atoms with E-state index in [1.165, 1.54) is 28.6 Å². The fourth-order valence-corrected chi connectivity index (χ4v) is 4.76. The lowest BCUT2D eigenvalue weighted by molar-refractivity contribution is 0.414. The molecule has 2 aromatic carbocycles. The molecule has 1 saturated heterocycles. The van der Waals surface area contributed by atoms with Gasteiger partial charge in [-0.15, -0.1) is 0 Å². The van der Waals surface area contributed by atoms with E-state index < -0.39 is 10.0 Å². The number of hydrogen-bond acceptors (Lipinski definition) is 5. The van der Waals surface area contributed by atoms with Crippen molar-refractivity contribution in [2.75, 3.05) is 13.1 Å². The van der Waals surface area contributed by atoms with Crippen LogP contribution in [0.25, 0.3) is 11.5 Å². The molecule has 27 heavy (non-hydrogen) atoms. The van der Waals surface area contributed by atoms with E-state index in [9.17, 15) is 12.8 Å². The minimum atomic E-state index is -3.49. The Balaban J connectivity index is 1.45. The van der Waals surface area contributed by atoms with E-state index in [1.54, 1.807) is 0 Å². The largest absolute Gasteiger partial charge is 0.334 e. The van der Waals surface area contributed by atoms with Crippen LogP contribution in [0.3, 0.4) is 0 Å². The number of aromatic nitrogens is 2. The van der Waals surface area contributed by atoms with Gasteiger partial charge in [0.15, 0.2) is 5.82 Å². The SMILES string of the molecule is O=S(=O)(Cc1ccc(F)cc1)N1CCC(c2noc(-c3ccccc3)n2)C1. The number of nitrogens with zero attached hydrogens (tertiary/aromatic N) is 3. The van der Waals surface area contributed by atoms with Crippen LogP contribution in [0.5, 0.6) is 0 Å². The Morgan fingerprint density at radius 2 is 1.85 bits per heavy atom. The highest BCUT2D eigenvalue weighted by Gasteiger charge is 2.34. The Labute approximate surface area is 156 Å². The smallest absolute Gasteiger partial charge is 0.257 e. The molecule has 2 heterocycles. The van der Waals surface area contributed by atoms with E-state index in [0.717, 1.165) is 5.56 Å². The van der Waals surface area contributed by atoms with Crippen LogP contribution in [0.15, 0.2) is 59.1 Å². The van der Waals surface area contributed by atoms with Gasteiger partial charge in [-0.3, -0.25) is 0 Å². The lowest BCUT2D eigenvalue weighted by Crippen LogP contribution is -2.30. The van der Waals surface area contributed by atoms with Gasteiger partial charge in [0.1, 0.15) is 5.82 Å². The van der Waals surface area contributed by atoms with Crippen LogP contribution in [-0.4, -0.2) is 36.0 Å². The first-order valence-electron chi connectivity index (χ1n) is 8.62. The highest BCUT2D eigenvalue weighted by molar-refractivity contribution is 7.88. The van der Waals surface area contributed by atoms with Crippen molar-refractivity contribution in [1.82, 2.24) is 14.4 Å². The lowest BCUT2D eigenvalue weighted by atomic mass is 10.1. The summed E-state index contributed by atoms with van der Waals surface area (Å²) in [6, 6.07) is 15.0. The molecular formula is C19H18FN3O3S. The van der Waals surface area contributed by atoms with E-state index >= 15 is 0 Å². The first-order chi connectivity index (χ1) is 13.0. The minimum Gasteiger partial charge on any atom is -0.334 e. The molecule has 1 atom stereocenters. The molecule has 0 amide bonds. The maximum atomic E-state index is 13.0. The first-order valence-corrected chi connectivity index (χ1v) is 10.2. The zero-order valence-corrected chi connectivity index (χ0v) is 15.3. The molecule has 1 aliphatic heterocycles. The Morgan fingerprint density at radius 1 is 1.11 bits per heavy atom. The molecule has 1 aliphatic rings. The van der Waals surface area contributed by atoms with Crippen molar-refractivity contribution >= 4 is 10.0 Å². The van der Waals surface area contributed by atoms with E-state index in [1.807, 2.05) is 30.3 Å². The third kappa shape index (κ3) is 3.91. The van der Waals surface area contributed by atoms with Gasteiger partial charge in [-0.05, 0) is 36.2 Å². The molecule has 140 valence electrons. The van der Waals surface area contributed by atoms with Gasteiger partial charge < -0.3 is 4.52 Å². The monoisotopic (exact) mass is 387 g/mol. The van der Waals surface area contributed by atoms with Crippen LogP contribution >= 0.6 is 0 Å². The Hall–Kier alpha value is -2.58. The maximum Gasteiger partial charge on any atom is 0.257 e. The van der Waals surface area contributed by atoms with Gasteiger partial charge in [0.25, 0.3) is 5.89 Å². The summed E-state index contributed by atoms with van der Waals surface area (Å²) < 4.78 is 45.1. The third-order valence-corrected chi connectivity index (χ3v) is 6.45. The predicted octanol–water partition coefficient (Wildman–Crippen LogP) is 3.20. The van der Waals surface area contributed by atoms with Crippen LogP contribution in [-0.2, 0) is 15.8 Å². The van der Waals surface area contributed by atoms with Gasteiger partial charge in [0.05, 0.1) is 5.75 Å². The number of sulfonamides is 1. The summed E-state index contributed by atoms with van der Waals surface area (Å²) in [5.74, 6) is 0.311. The highest BCUT2D eigenvalue weighted by atomic mass is 32.2. The summed E-state index contributed by atoms with van der Waals surface area (Å²) >= 11 is 0. The van der Waals surface area contributed by atoms with Gasteiger partial charge in [0, 0.05) is 24.6 Å². The van der Waals surface area contributed by atoms with E-state index in [4.69, 9.17) is 4.52 Å². The van der Waals surface area contributed by atoms with Crippen LogP contribution < -0.4 is 0 Å². The maximum absolute atomic E-state index is 13.0. The minimum absolute atomic E-state index is 0.103. The van der Waals surface area contributed by atoms with Gasteiger partial charge in [-0.25, -0.2) is 17.1 Å². The molecule has 1 unspecified atom stereocenters. The summed E-state index contributed by atoms with van der Waals surface area (Å²) in [7, 11) is -3.49. The quantitative estimate of drug-likeness (QED) is 0.672. The van der Waals surface area contributed by atoms with Gasteiger partial charge in [-0.2, -0.15) is 4.98 Å². The van der Waals surface area contributed by atoms with Crippen molar-refractivity contribution in [3.63, 3.8) is 0 Å². The molecule has 0 aliphatic carbocycles. The normalized spacial score (nSPS) is 18.0. The fourth-order valence-electron chi connectivity index (χ4n) is 3.17. The predicted molar refractivity (Wildman–Crippen MR) is 97.7 cm³/mol. The summed E-state index contributed by atoms with van der Waals surface area (Å²) in [4.78, 5) is 4.43. The zero-order chi connectivity index (χ0) is 18.9. The zero-order valence-electron chi connectivity index (χ0n) is 14.5. The summed E-state index contributed by atoms with van der Waals surface area (Å²) in [6.07, 6.45) is 0.635. The van der Waals surface area contributed by atoms with Gasteiger partial charge in [-0.1, -0.05) is 35.5 Å². The Kier molecular flexibility index (Phi) is 4.75. The second kappa shape index (κ2) is 7.21. The van der Waals surface area contributed by atoms with Crippen molar-refractivity contribution < 1.29 is 17.3 Å². The molecule has 8 heteroatoms. The Morgan fingerprint density at radius 3 is 2.59 bits per heavy atom. The molecule has 0 spiro atoms. The number of rotatable bonds is 5. The van der Waals surface area contributed by atoms with Crippen molar-refractivity contribution in [2.24, 2.45) is 0 Å². The van der Waals surface area contributed by atoms with Crippen molar-refractivity contribution in [3.05, 3.63) is 71.8 Å². The molecule has 0 saturated carbocycles. The second-order valence-corrected chi connectivity index (χ2v) is 8.52. The average Bonchev–Trinajstić information content (AvgIpc) is 3.34. The van der Waals surface area contributed by atoms with Gasteiger partial charge >= 0.3 is 0 Å². The van der Waals surface area contributed by atoms with Crippen LogP contribution in [0, 0.1) is 5.82 Å². The molecule has 0 radical (unpaired) electrons. The molecule has 6 nitrogen and oxygen atoms in total. The fraction of sp³-hybridized carbons (Fsp3) is 0.263. The number of hydrogen-bond donors (Lipinski definition) is 0. The number of benzene rings is 2. The van der Waals surface area contributed by atoms with E-state index in [0.29, 0.717) is 36.8 Å². The van der Waals surface area contributed by atoms with Crippen molar-refractivity contribution in [1.29, 1.82) is 0 Å². The van der Waals surface area contributed by atoms with E-state index in [2.05, 4.69) is 10.1 Å². The first kappa shape index (κ1) is 17.8. The molecule has 4 rings (SSSR count). The molecule has 3 aromatic rings. The molecule has 1 fully saturated rings. The third-order valence-electron chi connectivity index (χ3n) is 4.63. The standard InChI is InChI=1S/C19H18FN3O3S/c20-17-8-6-14(7-9-17)13-27(24,25)23-11-10-16(12-23)18-21-19(26-22-18)15-4-2-1-3-5-15/h1-9,16H,10-13H2. The second-order valence-electron chi connectivity index (χ2n) is 6.55. The number of halogens is 1. The van der Waals surface area contributed by atoms with Crippen LogP contribution in [0.1, 0.15) is 23.7 Å². The molecule has 0 N–H and O–H groups in total. The van der Waals surface area contributed by atoms with Crippen LogP contribution in [0.2, 0.25) is 0 Å². The molecular weight excluding hydrogens is 369 g/mol. The summed E-state index contributed by atoms with van der Waals surface area (Å²) in [5.41, 5.74) is 1.39. The van der Waals surface area contributed by atoms with Crippen LogP contribution in [0.4, 0.5) is 4.39 Å². The lowest BCUT2D eigenvalue weighted by Gasteiger charge is -2.16. The average molecular weight is 387 g/mol. The van der Waals surface area contributed by atoms with Crippen molar-refractivity contribution in [2.45, 2.75) is 18.1 Å². The molecule has 1 aromatic heterocycles.